The van der Waals surface area contributed by atoms with Crippen LogP contribution >= 0.6 is 0 Å². The van der Waals surface area contributed by atoms with Crippen LogP contribution in [-0.4, -0.2) is 22.5 Å². The number of aromatic nitrogens is 2. The van der Waals surface area contributed by atoms with E-state index in [0.29, 0.717) is 6.54 Å². The van der Waals surface area contributed by atoms with Crippen LogP contribution in [0, 0.1) is 6.92 Å². The van der Waals surface area contributed by atoms with Crippen LogP contribution in [0.1, 0.15) is 19.2 Å². The van der Waals surface area contributed by atoms with E-state index in [0.717, 1.165) is 29.2 Å². The molecule has 1 aromatic carbocycles. The summed E-state index contributed by atoms with van der Waals surface area (Å²) < 4.78 is 0. The molecule has 0 fully saturated rings. The lowest BCUT2D eigenvalue weighted by molar-refractivity contribution is 0.252. The van der Waals surface area contributed by atoms with Crippen molar-refractivity contribution in [2.45, 2.75) is 20.3 Å². The lowest BCUT2D eigenvalue weighted by Gasteiger charge is -2.07. The number of nitrogens with one attached hydrogen (secondary N) is 3. The molecular formula is C14H18N4O. The molecule has 0 aliphatic carbocycles. The third-order valence-corrected chi connectivity index (χ3v) is 2.69. The number of nitrogens with zero attached hydrogens (tertiary/aromatic N) is 1. The van der Waals surface area contributed by atoms with E-state index < -0.39 is 0 Å². The Labute approximate surface area is 112 Å². The zero-order chi connectivity index (χ0) is 13.7. The summed E-state index contributed by atoms with van der Waals surface area (Å²) in [6.45, 7) is 4.61. The third kappa shape index (κ3) is 3.58. The average molecular weight is 258 g/mol. The monoisotopic (exact) mass is 258 g/mol. The number of hydrogen-bond acceptors (Lipinski definition) is 2. The van der Waals surface area contributed by atoms with Crippen LogP contribution in [0.2, 0.25) is 0 Å². The first-order chi connectivity index (χ1) is 9.19. The van der Waals surface area contributed by atoms with Gasteiger partial charge < -0.3 is 15.6 Å². The Hall–Kier alpha value is -2.30. The molecule has 100 valence electrons. The van der Waals surface area contributed by atoms with Gasteiger partial charge in [-0.3, -0.25) is 0 Å². The first-order valence-electron chi connectivity index (χ1n) is 6.36. The van der Waals surface area contributed by atoms with Crippen molar-refractivity contribution in [2.75, 3.05) is 11.9 Å². The van der Waals surface area contributed by atoms with Crippen LogP contribution in [0.3, 0.4) is 0 Å². The fourth-order valence-electron chi connectivity index (χ4n) is 1.71. The molecule has 0 aliphatic heterocycles. The van der Waals surface area contributed by atoms with Crippen LogP contribution in [0.15, 0.2) is 30.5 Å². The number of aryl methyl sites for hydroxylation is 1. The molecule has 0 bridgehead atoms. The van der Waals surface area contributed by atoms with E-state index in [1.54, 1.807) is 6.20 Å². The Balaban J connectivity index is 2.00. The molecule has 2 rings (SSSR count). The summed E-state index contributed by atoms with van der Waals surface area (Å²) in [4.78, 5) is 18.8. The number of carbonyl (C=O) groups is 1. The normalized spacial score (nSPS) is 10.2. The highest BCUT2D eigenvalue weighted by molar-refractivity contribution is 5.89. The molecule has 0 atom stereocenters. The van der Waals surface area contributed by atoms with Crippen molar-refractivity contribution >= 4 is 11.7 Å². The van der Waals surface area contributed by atoms with Gasteiger partial charge in [-0.05, 0) is 31.0 Å². The van der Waals surface area contributed by atoms with Crippen LogP contribution in [0.5, 0.6) is 0 Å². The highest BCUT2D eigenvalue weighted by Crippen LogP contribution is 2.19. The van der Waals surface area contributed by atoms with Crippen molar-refractivity contribution in [3.63, 3.8) is 0 Å². The predicted molar refractivity (Wildman–Crippen MR) is 76.1 cm³/mol. The van der Waals surface area contributed by atoms with Crippen molar-refractivity contribution in [3.8, 4) is 11.3 Å². The van der Waals surface area contributed by atoms with E-state index in [-0.39, 0.29) is 6.03 Å². The molecule has 5 heteroatoms. The van der Waals surface area contributed by atoms with Gasteiger partial charge >= 0.3 is 6.03 Å². The zero-order valence-electron chi connectivity index (χ0n) is 11.2. The van der Waals surface area contributed by atoms with Crippen molar-refractivity contribution in [1.29, 1.82) is 0 Å². The average Bonchev–Trinajstić information content (AvgIpc) is 2.84. The molecule has 0 spiro atoms. The van der Waals surface area contributed by atoms with Crippen molar-refractivity contribution in [2.24, 2.45) is 0 Å². The first-order valence-corrected chi connectivity index (χ1v) is 6.36. The lowest BCUT2D eigenvalue weighted by atomic mass is 10.1. The van der Waals surface area contributed by atoms with Crippen LogP contribution in [0.4, 0.5) is 10.5 Å². The largest absolute Gasteiger partial charge is 0.342 e. The maximum atomic E-state index is 11.5. The van der Waals surface area contributed by atoms with Gasteiger partial charge in [0.05, 0.1) is 11.9 Å². The number of amides is 2. The number of anilines is 1. The summed E-state index contributed by atoms with van der Waals surface area (Å²) in [5, 5.41) is 5.55. The Morgan fingerprint density at radius 3 is 2.63 bits per heavy atom. The Morgan fingerprint density at radius 2 is 2.05 bits per heavy atom. The molecule has 0 saturated heterocycles. The smallest absolute Gasteiger partial charge is 0.319 e. The molecule has 2 amide bonds. The van der Waals surface area contributed by atoms with Gasteiger partial charge in [-0.2, -0.15) is 0 Å². The van der Waals surface area contributed by atoms with Gasteiger partial charge in [-0.1, -0.05) is 19.1 Å². The van der Waals surface area contributed by atoms with Gasteiger partial charge in [0.2, 0.25) is 0 Å². The second kappa shape index (κ2) is 6.04. The Kier molecular flexibility index (Phi) is 4.18. The van der Waals surface area contributed by atoms with Crippen LogP contribution < -0.4 is 10.6 Å². The molecule has 5 nitrogen and oxygen atoms in total. The number of H-pyrrole nitrogens is 1. The number of carbonyl (C=O) groups excluding carboxylic acids is 1. The number of imidazole rings is 1. The molecule has 0 unspecified atom stereocenters. The molecular weight excluding hydrogens is 240 g/mol. The minimum atomic E-state index is -0.174. The Bertz CT molecular complexity index is 545. The van der Waals surface area contributed by atoms with Gasteiger partial charge in [0.15, 0.2) is 0 Å². The molecule has 0 saturated carbocycles. The minimum absolute atomic E-state index is 0.174. The van der Waals surface area contributed by atoms with Crippen molar-refractivity contribution in [1.82, 2.24) is 15.3 Å². The second-order valence-electron chi connectivity index (χ2n) is 4.34. The van der Waals surface area contributed by atoms with Gasteiger partial charge in [0.1, 0.15) is 5.82 Å². The molecule has 1 aromatic heterocycles. The van der Waals surface area contributed by atoms with E-state index in [9.17, 15) is 4.79 Å². The van der Waals surface area contributed by atoms with Gasteiger partial charge in [-0.25, -0.2) is 9.78 Å². The van der Waals surface area contributed by atoms with E-state index in [2.05, 4.69) is 20.6 Å². The fourth-order valence-corrected chi connectivity index (χ4v) is 1.71. The number of rotatable bonds is 4. The first kappa shape index (κ1) is 13.1. The molecule has 19 heavy (non-hydrogen) atoms. The quantitative estimate of drug-likeness (QED) is 0.789. The van der Waals surface area contributed by atoms with Crippen LogP contribution in [-0.2, 0) is 0 Å². The predicted octanol–water partition coefficient (Wildman–Crippen LogP) is 2.92. The minimum Gasteiger partial charge on any atom is -0.342 e. The van der Waals surface area contributed by atoms with Crippen molar-refractivity contribution < 1.29 is 4.79 Å². The standard InChI is InChI=1S/C14H18N4O/c1-3-8-15-14(19)18-12-6-4-11(5-7-12)13-9-16-10(2)17-13/h4-7,9H,3,8H2,1-2H3,(H,16,17)(H2,15,18,19). The number of benzene rings is 1. The van der Waals surface area contributed by atoms with Crippen molar-refractivity contribution in [3.05, 3.63) is 36.3 Å². The van der Waals surface area contributed by atoms with Gasteiger partial charge in [0.25, 0.3) is 0 Å². The zero-order valence-corrected chi connectivity index (χ0v) is 11.2. The molecule has 2 aromatic rings. The topological polar surface area (TPSA) is 69.8 Å². The summed E-state index contributed by atoms with van der Waals surface area (Å²) in [6.07, 6.45) is 2.72. The summed E-state index contributed by atoms with van der Waals surface area (Å²) in [7, 11) is 0. The summed E-state index contributed by atoms with van der Waals surface area (Å²) in [6, 6.07) is 7.46. The molecule has 1 heterocycles. The molecule has 0 aliphatic rings. The van der Waals surface area contributed by atoms with E-state index >= 15 is 0 Å². The summed E-state index contributed by atoms with van der Waals surface area (Å²) in [5.74, 6) is 0.885. The maximum Gasteiger partial charge on any atom is 0.319 e. The van der Waals surface area contributed by atoms with Crippen LogP contribution in [0.25, 0.3) is 11.3 Å². The second-order valence-corrected chi connectivity index (χ2v) is 4.34. The molecule has 0 radical (unpaired) electrons. The SMILES string of the molecule is CCCNC(=O)Nc1ccc(-c2cnc(C)[nH]2)cc1. The maximum absolute atomic E-state index is 11.5. The van der Waals surface area contributed by atoms with E-state index in [4.69, 9.17) is 0 Å². The van der Waals surface area contributed by atoms with Gasteiger partial charge in [0, 0.05) is 12.2 Å². The highest BCUT2D eigenvalue weighted by atomic mass is 16.2. The fraction of sp³-hybridized carbons (Fsp3) is 0.286. The number of urea groups is 1. The lowest BCUT2D eigenvalue weighted by Crippen LogP contribution is -2.29. The van der Waals surface area contributed by atoms with Gasteiger partial charge in [-0.15, -0.1) is 0 Å². The number of aromatic amines is 1. The summed E-state index contributed by atoms with van der Waals surface area (Å²) >= 11 is 0. The number of hydrogen-bond donors (Lipinski definition) is 3. The Morgan fingerprint density at radius 1 is 1.32 bits per heavy atom. The third-order valence-electron chi connectivity index (χ3n) is 2.69. The van der Waals surface area contributed by atoms with E-state index in [1.807, 2.05) is 38.1 Å². The molecule has 3 N–H and O–H groups in total. The van der Waals surface area contributed by atoms with E-state index in [1.165, 1.54) is 0 Å². The summed E-state index contributed by atoms with van der Waals surface area (Å²) in [5.41, 5.74) is 2.79. The highest BCUT2D eigenvalue weighted by Gasteiger charge is 2.03.